The van der Waals surface area contributed by atoms with Gasteiger partial charge in [-0.3, -0.25) is 14.9 Å². The molecule has 0 unspecified atom stereocenters. The standard InChI is InChI=1S/C20H23N5OS2/c27-20-21-19(18-2-1-11-28-18)22-25(20)14-24-8-6-23(7-9-24)13-15-3-4-17-16(12-15)5-10-26-17/h1-4,11-12H,5-10,13-14H2,(H,21,22,27). The number of nitrogens with zero attached hydrogens (tertiary/aromatic N) is 4. The fourth-order valence-corrected chi connectivity index (χ4v) is 4.72. The Labute approximate surface area is 173 Å². The van der Waals surface area contributed by atoms with Gasteiger partial charge in [0.1, 0.15) is 5.75 Å². The fourth-order valence-electron chi connectivity index (χ4n) is 3.86. The lowest BCUT2D eigenvalue weighted by Gasteiger charge is -2.34. The molecule has 28 heavy (non-hydrogen) atoms. The summed E-state index contributed by atoms with van der Waals surface area (Å²) in [6.45, 7) is 6.78. The number of hydrogen-bond donors (Lipinski definition) is 1. The van der Waals surface area contributed by atoms with Gasteiger partial charge >= 0.3 is 0 Å². The van der Waals surface area contributed by atoms with E-state index >= 15 is 0 Å². The average Bonchev–Trinajstić information content (AvgIpc) is 3.45. The third kappa shape index (κ3) is 3.77. The molecule has 146 valence electrons. The van der Waals surface area contributed by atoms with Crippen molar-refractivity contribution in [1.82, 2.24) is 24.6 Å². The van der Waals surface area contributed by atoms with E-state index in [1.165, 1.54) is 11.1 Å². The lowest BCUT2D eigenvalue weighted by Crippen LogP contribution is -2.46. The third-order valence-electron chi connectivity index (χ3n) is 5.40. The van der Waals surface area contributed by atoms with Gasteiger partial charge in [0.15, 0.2) is 5.82 Å². The van der Waals surface area contributed by atoms with Crippen LogP contribution in [0.15, 0.2) is 35.7 Å². The number of aromatic nitrogens is 3. The maximum Gasteiger partial charge on any atom is 0.217 e. The van der Waals surface area contributed by atoms with Crippen LogP contribution in [0.1, 0.15) is 11.1 Å². The minimum atomic E-state index is 0.617. The number of fused-ring (bicyclic) bond motifs is 1. The van der Waals surface area contributed by atoms with Crippen LogP contribution in [-0.4, -0.2) is 57.4 Å². The van der Waals surface area contributed by atoms with Crippen LogP contribution >= 0.6 is 23.6 Å². The Hall–Kier alpha value is -2.00. The molecule has 5 rings (SSSR count). The summed E-state index contributed by atoms with van der Waals surface area (Å²) in [5.74, 6) is 1.92. The Morgan fingerprint density at radius 2 is 2.00 bits per heavy atom. The van der Waals surface area contributed by atoms with E-state index in [9.17, 15) is 0 Å². The van der Waals surface area contributed by atoms with Crippen molar-refractivity contribution in [3.63, 3.8) is 0 Å². The molecule has 0 radical (unpaired) electrons. The Balaban J connectivity index is 1.17. The summed E-state index contributed by atoms with van der Waals surface area (Å²) in [6.07, 6.45) is 1.04. The van der Waals surface area contributed by atoms with E-state index in [0.29, 0.717) is 4.77 Å². The Morgan fingerprint density at radius 1 is 1.14 bits per heavy atom. The van der Waals surface area contributed by atoms with Crippen molar-refractivity contribution < 1.29 is 4.74 Å². The molecule has 8 heteroatoms. The second-order valence-corrected chi connectivity index (χ2v) is 8.65. The molecule has 0 amide bonds. The summed E-state index contributed by atoms with van der Waals surface area (Å²) < 4.78 is 8.20. The van der Waals surface area contributed by atoms with Crippen molar-refractivity contribution in [2.45, 2.75) is 19.6 Å². The highest BCUT2D eigenvalue weighted by Crippen LogP contribution is 2.26. The number of rotatable bonds is 5. The van der Waals surface area contributed by atoms with Gasteiger partial charge in [0, 0.05) is 39.1 Å². The molecule has 2 aromatic heterocycles. The topological polar surface area (TPSA) is 49.3 Å². The zero-order valence-electron chi connectivity index (χ0n) is 15.6. The number of ether oxygens (including phenoxy) is 1. The minimum Gasteiger partial charge on any atom is -0.493 e. The number of aromatic amines is 1. The fraction of sp³-hybridized carbons (Fsp3) is 0.400. The van der Waals surface area contributed by atoms with Crippen LogP contribution < -0.4 is 4.74 Å². The summed E-state index contributed by atoms with van der Waals surface area (Å²) in [6, 6.07) is 10.7. The van der Waals surface area contributed by atoms with Crippen LogP contribution in [0.5, 0.6) is 5.75 Å². The molecular weight excluding hydrogens is 390 g/mol. The summed E-state index contributed by atoms with van der Waals surface area (Å²) in [4.78, 5) is 10.6. The minimum absolute atomic E-state index is 0.617. The highest BCUT2D eigenvalue weighted by Gasteiger charge is 2.19. The van der Waals surface area contributed by atoms with Gasteiger partial charge < -0.3 is 4.74 Å². The number of thiophene rings is 1. The number of hydrogen-bond acceptors (Lipinski definition) is 6. The first-order valence-corrected chi connectivity index (χ1v) is 10.9. The summed E-state index contributed by atoms with van der Waals surface area (Å²) in [5, 5.41) is 5.40. The molecule has 0 bridgehead atoms. The van der Waals surface area contributed by atoms with Crippen LogP contribution in [-0.2, 0) is 19.6 Å². The molecule has 1 N–H and O–H groups in total. The first-order valence-electron chi connectivity index (χ1n) is 9.65. The molecule has 1 saturated heterocycles. The van der Waals surface area contributed by atoms with E-state index in [1.807, 2.05) is 10.7 Å². The van der Waals surface area contributed by atoms with Crippen LogP contribution in [0.3, 0.4) is 0 Å². The first kappa shape index (κ1) is 18.1. The maximum atomic E-state index is 5.61. The number of piperazine rings is 1. The van der Waals surface area contributed by atoms with Gasteiger partial charge in [-0.2, -0.15) is 4.98 Å². The molecule has 0 saturated carbocycles. The van der Waals surface area contributed by atoms with Gasteiger partial charge in [-0.1, -0.05) is 18.2 Å². The van der Waals surface area contributed by atoms with Gasteiger partial charge in [-0.15, -0.1) is 11.3 Å². The third-order valence-corrected chi connectivity index (χ3v) is 6.59. The van der Waals surface area contributed by atoms with E-state index < -0.39 is 0 Å². The van der Waals surface area contributed by atoms with Gasteiger partial charge in [0.2, 0.25) is 4.77 Å². The highest BCUT2D eigenvalue weighted by molar-refractivity contribution is 7.71. The summed E-state index contributed by atoms with van der Waals surface area (Å²) in [7, 11) is 0. The van der Waals surface area contributed by atoms with E-state index in [0.717, 1.165) is 68.9 Å². The maximum absolute atomic E-state index is 5.61. The molecule has 1 aromatic carbocycles. The molecule has 0 aliphatic carbocycles. The van der Waals surface area contributed by atoms with Crippen LogP contribution in [0.25, 0.3) is 10.7 Å². The van der Waals surface area contributed by atoms with E-state index in [2.05, 4.69) is 49.5 Å². The predicted molar refractivity (Wildman–Crippen MR) is 113 cm³/mol. The lowest BCUT2D eigenvalue weighted by molar-refractivity contribution is 0.0982. The van der Waals surface area contributed by atoms with Crippen LogP contribution in [0, 0.1) is 4.77 Å². The molecule has 6 nitrogen and oxygen atoms in total. The van der Waals surface area contributed by atoms with Gasteiger partial charge in [0.05, 0.1) is 18.2 Å². The van der Waals surface area contributed by atoms with Gasteiger partial charge in [-0.05, 0) is 40.9 Å². The Morgan fingerprint density at radius 3 is 2.82 bits per heavy atom. The smallest absolute Gasteiger partial charge is 0.217 e. The zero-order valence-corrected chi connectivity index (χ0v) is 17.3. The second-order valence-electron chi connectivity index (χ2n) is 7.34. The van der Waals surface area contributed by atoms with Crippen molar-refractivity contribution in [3.05, 3.63) is 51.6 Å². The van der Waals surface area contributed by atoms with E-state index in [1.54, 1.807) is 11.3 Å². The van der Waals surface area contributed by atoms with Crippen LogP contribution in [0.2, 0.25) is 0 Å². The molecule has 2 aliphatic rings. The van der Waals surface area contributed by atoms with Gasteiger partial charge in [-0.25, -0.2) is 4.68 Å². The number of benzene rings is 1. The van der Waals surface area contributed by atoms with Crippen molar-refractivity contribution in [2.24, 2.45) is 0 Å². The largest absolute Gasteiger partial charge is 0.493 e. The second kappa shape index (κ2) is 7.79. The van der Waals surface area contributed by atoms with Crippen molar-refractivity contribution in [1.29, 1.82) is 0 Å². The first-order chi connectivity index (χ1) is 13.7. The highest BCUT2D eigenvalue weighted by atomic mass is 32.1. The Kier molecular flexibility index (Phi) is 5.02. The zero-order chi connectivity index (χ0) is 18.9. The SMILES string of the molecule is S=c1nc(-c2cccs2)[nH]n1CN1CCN(Cc2ccc3c(c2)CCO3)CC1. The lowest BCUT2D eigenvalue weighted by atomic mass is 10.1. The van der Waals surface area contributed by atoms with Crippen LogP contribution in [0.4, 0.5) is 0 Å². The molecule has 1 fully saturated rings. The molecule has 3 aromatic rings. The summed E-state index contributed by atoms with van der Waals surface area (Å²) in [5.41, 5.74) is 2.74. The summed E-state index contributed by atoms with van der Waals surface area (Å²) >= 11 is 7.11. The number of nitrogens with one attached hydrogen (secondary N) is 1. The van der Waals surface area contributed by atoms with Gasteiger partial charge in [0.25, 0.3) is 0 Å². The molecule has 0 atom stereocenters. The van der Waals surface area contributed by atoms with Crippen molar-refractivity contribution in [2.75, 3.05) is 32.8 Å². The molecule has 0 spiro atoms. The normalized spacial score (nSPS) is 17.6. The number of H-pyrrole nitrogens is 1. The van der Waals surface area contributed by atoms with Crippen molar-refractivity contribution in [3.8, 4) is 16.5 Å². The predicted octanol–water partition coefficient (Wildman–Crippen LogP) is 3.38. The quantitative estimate of drug-likeness (QED) is 0.650. The molecular formula is C20H23N5OS2. The Bertz CT molecular complexity index is 1000. The van der Waals surface area contributed by atoms with E-state index in [-0.39, 0.29) is 0 Å². The van der Waals surface area contributed by atoms with E-state index in [4.69, 9.17) is 17.0 Å². The molecule has 4 heterocycles. The average molecular weight is 414 g/mol. The van der Waals surface area contributed by atoms with Crippen molar-refractivity contribution >= 4 is 23.6 Å². The monoisotopic (exact) mass is 413 g/mol. The molecule has 2 aliphatic heterocycles.